The number of hydrogen-bond acceptors (Lipinski definition) is 3. The monoisotopic (exact) mass is 398 g/mol. The van der Waals surface area contributed by atoms with E-state index in [1.807, 2.05) is 29.2 Å². The number of carbonyl (C=O) groups excluding carboxylic acids is 1. The molecule has 7 heteroatoms. The van der Waals surface area contributed by atoms with E-state index in [0.29, 0.717) is 35.1 Å². The van der Waals surface area contributed by atoms with Crippen LogP contribution in [0.1, 0.15) is 10.5 Å². The first-order valence-electron chi connectivity index (χ1n) is 9.11. The number of rotatable bonds is 3. The van der Waals surface area contributed by atoms with E-state index >= 15 is 0 Å². The van der Waals surface area contributed by atoms with Crippen molar-refractivity contribution >= 4 is 23.2 Å². The molecule has 0 spiro atoms. The second-order valence-corrected chi connectivity index (χ2v) is 7.21. The molecular weight excluding hydrogens is 379 g/mol. The predicted molar refractivity (Wildman–Crippen MR) is 108 cm³/mol. The van der Waals surface area contributed by atoms with Gasteiger partial charge in [0, 0.05) is 49.5 Å². The van der Waals surface area contributed by atoms with Gasteiger partial charge in [0.15, 0.2) is 0 Å². The van der Waals surface area contributed by atoms with Gasteiger partial charge in [0.1, 0.15) is 11.5 Å². The third-order valence-corrected chi connectivity index (χ3v) is 5.22. The summed E-state index contributed by atoms with van der Waals surface area (Å²) in [6.07, 6.45) is 0. The predicted octanol–water partition coefficient (Wildman–Crippen LogP) is 3.84. The van der Waals surface area contributed by atoms with Crippen LogP contribution in [0.5, 0.6) is 0 Å². The number of amides is 1. The molecule has 0 bridgehead atoms. The summed E-state index contributed by atoms with van der Waals surface area (Å²) in [7, 11) is 1.71. The highest BCUT2D eigenvalue weighted by molar-refractivity contribution is 6.30. The van der Waals surface area contributed by atoms with Gasteiger partial charge >= 0.3 is 0 Å². The minimum Gasteiger partial charge on any atom is -0.368 e. The van der Waals surface area contributed by atoms with E-state index in [2.05, 4.69) is 10.00 Å². The molecule has 28 heavy (non-hydrogen) atoms. The van der Waals surface area contributed by atoms with E-state index in [-0.39, 0.29) is 11.7 Å². The van der Waals surface area contributed by atoms with E-state index in [0.717, 1.165) is 18.8 Å². The SMILES string of the molecule is Cn1nc(-c2ccccc2F)cc1C(=O)N1CCN(c2cccc(Cl)c2)CC1. The zero-order valence-electron chi connectivity index (χ0n) is 15.5. The third-order valence-electron chi connectivity index (χ3n) is 4.99. The van der Waals surface area contributed by atoms with Crippen molar-refractivity contribution in [3.8, 4) is 11.3 Å². The van der Waals surface area contributed by atoms with Gasteiger partial charge in [-0.3, -0.25) is 9.48 Å². The van der Waals surface area contributed by atoms with Crippen molar-refractivity contribution in [2.45, 2.75) is 0 Å². The fourth-order valence-electron chi connectivity index (χ4n) is 3.47. The van der Waals surface area contributed by atoms with E-state index in [9.17, 15) is 9.18 Å². The Hall–Kier alpha value is -2.86. The van der Waals surface area contributed by atoms with Gasteiger partial charge in [0.05, 0.1) is 5.69 Å². The lowest BCUT2D eigenvalue weighted by molar-refractivity contribution is 0.0735. The molecule has 4 rings (SSSR count). The standard InChI is InChI=1S/C21H20ClFN4O/c1-25-20(14-19(24-25)17-7-2-3-8-18(17)23)21(28)27-11-9-26(10-12-27)16-6-4-5-15(22)13-16/h2-8,13-14H,9-12H2,1H3. The van der Waals surface area contributed by atoms with Gasteiger partial charge in [0.25, 0.3) is 5.91 Å². The molecule has 1 amide bonds. The first-order chi connectivity index (χ1) is 13.5. The van der Waals surface area contributed by atoms with E-state index < -0.39 is 0 Å². The maximum absolute atomic E-state index is 14.0. The van der Waals surface area contributed by atoms with E-state index in [1.54, 1.807) is 31.3 Å². The first-order valence-corrected chi connectivity index (χ1v) is 9.49. The molecule has 5 nitrogen and oxygen atoms in total. The van der Waals surface area contributed by atoms with Gasteiger partial charge in [-0.2, -0.15) is 5.10 Å². The van der Waals surface area contributed by atoms with Gasteiger partial charge in [-0.25, -0.2) is 4.39 Å². The Kier molecular flexibility index (Phi) is 5.05. The van der Waals surface area contributed by atoms with Crippen LogP contribution in [0.3, 0.4) is 0 Å². The second kappa shape index (κ2) is 7.64. The molecule has 1 aromatic heterocycles. The molecule has 1 aliphatic heterocycles. The Bertz CT molecular complexity index is 1010. The van der Waals surface area contributed by atoms with Crippen LogP contribution in [0.4, 0.5) is 10.1 Å². The first kappa shape index (κ1) is 18.5. The summed E-state index contributed by atoms with van der Waals surface area (Å²) >= 11 is 6.08. The number of halogens is 2. The number of aromatic nitrogens is 2. The number of aryl methyl sites for hydroxylation is 1. The van der Waals surface area contributed by atoms with Crippen molar-refractivity contribution in [1.82, 2.24) is 14.7 Å². The van der Waals surface area contributed by atoms with Gasteiger partial charge in [-0.15, -0.1) is 0 Å². The normalized spacial score (nSPS) is 14.4. The molecule has 144 valence electrons. The molecule has 0 aliphatic carbocycles. The zero-order valence-corrected chi connectivity index (χ0v) is 16.2. The molecule has 0 saturated carbocycles. The number of benzene rings is 2. The van der Waals surface area contributed by atoms with Crippen molar-refractivity contribution in [3.05, 3.63) is 71.1 Å². The fraction of sp³-hybridized carbons (Fsp3) is 0.238. The quantitative estimate of drug-likeness (QED) is 0.673. The molecule has 2 aromatic carbocycles. The summed E-state index contributed by atoms with van der Waals surface area (Å²) in [6.45, 7) is 2.66. The summed E-state index contributed by atoms with van der Waals surface area (Å²) in [4.78, 5) is 17.0. The Labute approximate surface area is 167 Å². The van der Waals surface area contributed by atoms with Crippen molar-refractivity contribution in [1.29, 1.82) is 0 Å². The summed E-state index contributed by atoms with van der Waals surface area (Å²) < 4.78 is 15.6. The molecule has 0 radical (unpaired) electrons. The van der Waals surface area contributed by atoms with Crippen LogP contribution in [0.2, 0.25) is 5.02 Å². The lowest BCUT2D eigenvalue weighted by Gasteiger charge is -2.36. The van der Waals surface area contributed by atoms with Crippen LogP contribution in [0, 0.1) is 5.82 Å². The summed E-state index contributed by atoms with van der Waals surface area (Å²) in [5, 5.41) is 5.03. The summed E-state index contributed by atoms with van der Waals surface area (Å²) in [5.41, 5.74) is 2.36. The number of carbonyl (C=O) groups is 1. The molecule has 1 aliphatic rings. The topological polar surface area (TPSA) is 41.4 Å². The van der Waals surface area contributed by atoms with Gasteiger partial charge < -0.3 is 9.80 Å². The van der Waals surface area contributed by atoms with Crippen LogP contribution in [0.25, 0.3) is 11.3 Å². The van der Waals surface area contributed by atoms with Gasteiger partial charge in [0.2, 0.25) is 0 Å². The highest BCUT2D eigenvalue weighted by atomic mass is 35.5. The summed E-state index contributed by atoms with van der Waals surface area (Å²) in [5.74, 6) is -0.446. The average molecular weight is 399 g/mol. The van der Waals surface area contributed by atoms with E-state index in [4.69, 9.17) is 11.6 Å². The maximum atomic E-state index is 14.0. The Balaban J connectivity index is 1.48. The van der Waals surface area contributed by atoms with Crippen LogP contribution in [0.15, 0.2) is 54.6 Å². The minimum atomic E-state index is -0.352. The maximum Gasteiger partial charge on any atom is 0.272 e. The Morgan fingerprint density at radius 3 is 2.50 bits per heavy atom. The number of hydrogen-bond donors (Lipinski definition) is 0. The number of anilines is 1. The Morgan fingerprint density at radius 2 is 1.79 bits per heavy atom. The highest BCUT2D eigenvalue weighted by Gasteiger charge is 2.25. The molecule has 0 unspecified atom stereocenters. The van der Waals surface area contributed by atoms with E-state index in [1.165, 1.54) is 10.7 Å². The smallest absolute Gasteiger partial charge is 0.272 e. The Morgan fingerprint density at radius 1 is 1.04 bits per heavy atom. The van der Waals surface area contributed by atoms with Gasteiger partial charge in [-0.05, 0) is 36.4 Å². The van der Waals surface area contributed by atoms with Crippen molar-refractivity contribution in [2.24, 2.45) is 7.05 Å². The lowest BCUT2D eigenvalue weighted by Crippen LogP contribution is -2.49. The second-order valence-electron chi connectivity index (χ2n) is 6.78. The molecule has 0 atom stereocenters. The molecular formula is C21H20ClFN4O. The zero-order chi connectivity index (χ0) is 19.7. The number of nitrogens with zero attached hydrogens (tertiary/aromatic N) is 4. The summed E-state index contributed by atoms with van der Waals surface area (Å²) in [6, 6.07) is 15.8. The molecule has 1 fully saturated rings. The number of piperazine rings is 1. The van der Waals surface area contributed by atoms with Crippen molar-refractivity contribution < 1.29 is 9.18 Å². The van der Waals surface area contributed by atoms with Crippen LogP contribution in [-0.4, -0.2) is 46.8 Å². The minimum absolute atomic E-state index is 0.0941. The fourth-order valence-corrected chi connectivity index (χ4v) is 3.66. The van der Waals surface area contributed by atoms with Crippen LogP contribution >= 0.6 is 11.6 Å². The molecule has 2 heterocycles. The largest absolute Gasteiger partial charge is 0.368 e. The van der Waals surface area contributed by atoms with Crippen LogP contribution < -0.4 is 4.90 Å². The highest BCUT2D eigenvalue weighted by Crippen LogP contribution is 2.24. The lowest BCUT2D eigenvalue weighted by atomic mass is 10.1. The van der Waals surface area contributed by atoms with Crippen molar-refractivity contribution in [2.75, 3.05) is 31.1 Å². The molecule has 3 aromatic rings. The third kappa shape index (κ3) is 3.60. The van der Waals surface area contributed by atoms with Crippen LogP contribution in [-0.2, 0) is 7.05 Å². The van der Waals surface area contributed by atoms with Crippen molar-refractivity contribution in [3.63, 3.8) is 0 Å². The molecule has 0 N–H and O–H groups in total. The average Bonchev–Trinajstić information content (AvgIpc) is 3.09. The van der Waals surface area contributed by atoms with Gasteiger partial charge in [-0.1, -0.05) is 29.8 Å². The molecule has 1 saturated heterocycles.